The van der Waals surface area contributed by atoms with Crippen LogP contribution in [0.2, 0.25) is 0 Å². The van der Waals surface area contributed by atoms with E-state index in [0.29, 0.717) is 13.2 Å². The van der Waals surface area contributed by atoms with Crippen LogP contribution in [-0.2, 0) is 9.47 Å². The number of piperidine rings is 1. The van der Waals surface area contributed by atoms with Crippen LogP contribution in [0.3, 0.4) is 0 Å². The van der Waals surface area contributed by atoms with Crippen LogP contribution in [-0.4, -0.2) is 69.6 Å². The summed E-state index contributed by atoms with van der Waals surface area (Å²) in [7, 11) is 1.60. The molecule has 0 aromatic heterocycles. The first-order chi connectivity index (χ1) is 8.76. The van der Waals surface area contributed by atoms with Crippen molar-refractivity contribution in [3.63, 3.8) is 0 Å². The standard InChI is InChI=1S/C12H23N3O3/c1-17-8-9-18-11(16)15-6-2-12(3-7-15)10-13-4-5-14-12/h13-14H,2-10H2,1H3. The van der Waals surface area contributed by atoms with Crippen molar-refractivity contribution < 1.29 is 14.3 Å². The Bertz CT molecular complexity index is 270. The number of nitrogens with zero attached hydrogens (tertiary/aromatic N) is 1. The summed E-state index contributed by atoms with van der Waals surface area (Å²) in [4.78, 5) is 13.5. The second-order valence-corrected chi connectivity index (χ2v) is 4.98. The van der Waals surface area contributed by atoms with Crippen LogP contribution < -0.4 is 10.6 Å². The summed E-state index contributed by atoms with van der Waals surface area (Å²) < 4.78 is 9.98. The Morgan fingerprint density at radius 3 is 2.67 bits per heavy atom. The van der Waals surface area contributed by atoms with Crippen LogP contribution in [0.1, 0.15) is 12.8 Å². The van der Waals surface area contributed by atoms with Gasteiger partial charge in [0, 0.05) is 45.4 Å². The number of piperazine rings is 1. The molecule has 18 heavy (non-hydrogen) atoms. The Labute approximate surface area is 108 Å². The summed E-state index contributed by atoms with van der Waals surface area (Å²) in [6.07, 6.45) is 1.75. The number of rotatable bonds is 3. The van der Waals surface area contributed by atoms with Crippen LogP contribution in [0.5, 0.6) is 0 Å². The Morgan fingerprint density at radius 2 is 2.06 bits per heavy atom. The molecule has 0 aromatic carbocycles. The Kier molecular flexibility index (Phi) is 4.79. The van der Waals surface area contributed by atoms with Crippen molar-refractivity contribution in [2.45, 2.75) is 18.4 Å². The van der Waals surface area contributed by atoms with Gasteiger partial charge in [0.1, 0.15) is 6.61 Å². The molecular weight excluding hydrogens is 234 g/mol. The molecule has 2 aliphatic rings. The van der Waals surface area contributed by atoms with Crippen LogP contribution in [0.15, 0.2) is 0 Å². The molecule has 2 heterocycles. The van der Waals surface area contributed by atoms with Crippen LogP contribution in [0, 0.1) is 0 Å². The first-order valence-electron chi connectivity index (χ1n) is 6.62. The van der Waals surface area contributed by atoms with E-state index in [1.807, 2.05) is 0 Å². The van der Waals surface area contributed by atoms with E-state index in [9.17, 15) is 4.79 Å². The van der Waals surface area contributed by atoms with Crippen LogP contribution >= 0.6 is 0 Å². The van der Waals surface area contributed by atoms with Crippen molar-refractivity contribution in [2.24, 2.45) is 0 Å². The maximum atomic E-state index is 11.8. The predicted molar refractivity (Wildman–Crippen MR) is 67.6 cm³/mol. The van der Waals surface area contributed by atoms with E-state index in [1.54, 1.807) is 12.0 Å². The molecule has 2 fully saturated rings. The smallest absolute Gasteiger partial charge is 0.409 e. The third-order valence-electron chi connectivity index (χ3n) is 3.76. The average Bonchev–Trinajstić information content (AvgIpc) is 2.41. The minimum Gasteiger partial charge on any atom is -0.447 e. The van der Waals surface area contributed by atoms with E-state index in [-0.39, 0.29) is 11.6 Å². The van der Waals surface area contributed by atoms with Gasteiger partial charge in [0.2, 0.25) is 0 Å². The summed E-state index contributed by atoms with van der Waals surface area (Å²) >= 11 is 0. The first-order valence-corrected chi connectivity index (χ1v) is 6.62. The molecule has 6 nitrogen and oxygen atoms in total. The van der Waals surface area contributed by atoms with E-state index in [0.717, 1.165) is 45.6 Å². The zero-order valence-corrected chi connectivity index (χ0v) is 11.0. The largest absolute Gasteiger partial charge is 0.447 e. The molecule has 1 amide bonds. The Balaban J connectivity index is 1.73. The van der Waals surface area contributed by atoms with Crippen molar-refractivity contribution >= 4 is 6.09 Å². The second kappa shape index (κ2) is 6.36. The average molecular weight is 257 g/mol. The molecule has 2 N–H and O–H groups in total. The van der Waals surface area contributed by atoms with Gasteiger partial charge in [0.25, 0.3) is 0 Å². The molecule has 1 spiro atoms. The zero-order chi connectivity index (χ0) is 12.8. The minimum atomic E-state index is -0.217. The van der Waals surface area contributed by atoms with Gasteiger partial charge >= 0.3 is 6.09 Å². The summed E-state index contributed by atoms with van der Waals surface area (Å²) in [5.41, 5.74) is 0.182. The molecule has 0 aliphatic carbocycles. The first kappa shape index (κ1) is 13.6. The van der Waals surface area contributed by atoms with Gasteiger partial charge in [0.15, 0.2) is 0 Å². The van der Waals surface area contributed by atoms with Gasteiger partial charge in [-0.25, -0.2) is 4.79 Å². The van der Waals surface area contributed by atoms with Gasteiger partial charge < -0.3 is 25.0 Å². The molecular formula is C12H23N3O3. The zero-order valence-electron chi connectivity index (χ0n) is 11.0. The van der Waals surface area contributed by atoms with Crippen LogP contribution in [0.4, 0.5) is 4.79 Å². The molecule has 2 saturated heterocycles. The van der Waals surface area contributed by atoms with Crippen LogP contribution in [0.25, 0.3) is 0 Å². The van der Waals surface area contributed by atoms with Gasteiger partial charge in [-0.1, -0.05) is 0 Å². The highest BCUT2D eigenvalue weighted by atomic mass is 16.6. The number of carbonyl (C=O) groups excluding carboxylic acids is 1. The van der Waals surface area contributed by atoms with E-state index < -0.39 is 0 Å². The van der Waals surface area contributed by atoms with Gasteiger partial charge in [-0.15, -0.1) is 0 Å². The Hall–Kier alpha value is -0.850. The number of nitrogens with one attached hydrogen (secondary N) is 2. The van der Waals surface area contributed by atoms with Crippen molar-refractivity contribution in [1.82, 2.24) is 15.5 Å². The van der Waals surface area contributed by atoms with Crippen molar-refractivity contribution in [1.29, 1.82) is 0 Å². The minimum absolute atomic E-state index is 0.182. The highest BCUT2D eigenvalue weighted by Crippen LogP contribution is 2.23. The lowest BCUT2D eigenvalue weighted by molar-refractivity contribution is 0.0546. The molecule has 0 aromatic rings. The van der Waals surface area contributed by atoms with Crippen molar-refractivity contribution in [3.8, 4) is 0 Å². The molecule has 0 bridgehead atoms. The third-order valence-corrected chi connectivity index (χ3v) is 3.76. The number of methoxy groups -OCH3 is 1. The predicted octanol–water partition coefficient (Wildman–Crippen LogP) is -0.203. The molecule has 2 rings (SSSR count). The van der Waals surface area contributed by atoms with E-state index in [2.05, 4.69) is 10.6 Å². The fourth-order valence-corrected chi connectivity index (χ4v) is 2.58. The highest BCUT2D eigenvalue weighted by molar-refractivity contribution is 5.67. The SMILES string of the molecule is COCCOC(=O)N1CCC2(CC1)CNCCN2. The molecule has 0 unspecified atom stereocenters. The maximum absolute atomic E-state index is 11.8. The van der Waals surface area contributed by atoms with Crippen molar-refractivity contribution in [2.75, 3.05) is 53.0 Å². The molecule has 0 atom stereocenters. The summed E-state index contributed by atoms with van der Waals surface area (Å²) in [6.45, 7) is 5.36. The van der Waals surface area contributed by atoms with E-state index in [1.165, 1.54) is 0 Å². The van der Waals surface area contributed by atoms with Gasteiger partial charge in [-0.3, -0.25) is 0 Å². The molecule has 0 radical (unpaired) electrons. The number of ether oxygens (including phenoxy) is 2. The highest BCUT2D eigenvalue weighted by Gasteiger charge is 2.36. The van der Waals surface area contributed by atoms with Crippen molar-refractivity contribution in [3.05, 3.63) is 0 Å². The monoisotopic (exact) mass is 257 g/mol. The summed E-state index contributed by atoms with van der Waals surface area (Å²) in [5.74, 6) is 0. The molecule has 0 saturated carbocycles. The lowest BCUT2D eigenvalue weighted by Crippen LogP contribution is -2.63. The topological polar surface area (TPSA) is 62.8 Å². The number of hydrogen-bond donors (Lipinski definition) is 2. The van der Waals surface area contributed by atoms with E-state index >= 15 is 0 Å². The fourth-order valence-electron chi connectivity index (χ4n) is 2.58. The summed E-state index contributed by atoms with van der Waals surface area (Å²) in [6, 6.07) is 0. The molecule has 104 valence electrons. The van der Waals surface area contributed by atoms with Gasteiger partial charge in [-0.2, -0.15) is 0 Å². The lowest BCUT2D eigenvalue weighted by Gasteiger charge is -2.44. The quantitative estimate of drug-likeness (QED) is 0.685. The normalized spacial score (nSPS) is 23.1. The number of likely N-dealkylation sites (tertiary alicyclic amines) is 1. The third kappa shape index (κ3) is 3.34. The van der Waals surface area contributed by atoms with Gasteiger partial charge in [-0.05, 0) is 12.8 Å². The summed E-state index contributed by atoms with van der Waals surface area (Å²) in [5, 5.41) is 7.00. The number of carbonyl (C=O) groups is 1. The van der Waals surface area contributed by atoms with Gasteiger partial charge in [0.05, 0.1) is 6.61 Å². The molecule has 2 aliphatic heterocycles. The second-order valence-electron chi connectivity index (χ2n) is 4.98. The fraction of sp³-hybridized carbons (Fsp3) is 0.917. The lowest BCUT2D eigenvalue weighted by atomic mass is 9.86. The maximum Gasteiger partial charge on any atom is 0.409 e. The number of hydrogen-bond acceptors (Lipinski definition) is 5. The van der Waals surface area contributed by atoms with E-state index in [4.69, 9.17) is 9.47 Å². The molecule has 6 heteroatoms. The number of amides is 1. The Morgan fingerprint density at radius 1 is 1.28 bits per heavy atom.